The Balaban J connectivity index is 1.78. The maximum Gasteiger partial charge on any atom is 0.328 e. The fourth-order valence-electron chi connectivity index (χ4n) is 4.35. The predicted octanol–water partition coefficient (Wildman–Crippen LogP) is 4.16. The first-order valence-electron chi connectivity index (χ1n) is 11.2. The number of aryl methyl sites for hydroxylation is 1. The molecule has 0 bridgehead atoms. The molecule has 0 amide bonds. The average molecular weight is 464 g/mol. The van der Waals surface area contributed by atoms with E-state index in [2.05, 4.69) is 10.1 Å². The van der Waals surface area contributed by atoms with Crippen LogP contribution in [0.15, 0.2) is 30.6 Å². The van der Waals surface area contributed by atoms with Gasteiger partial charge in [0.15, 0.2) is 5.78 Å². The number of nitrogens with zero attached hydrogens (tertiary/aromatic N) is 3. The van der Waals surface area contributed by atoms with E-state index < -0.39 is 17.0 Å². The van der Waals surface area contributed by atoms with Crippen molar-refractivity contribution >= 4 is 28.6 Å². The minimum Gasteiger partial charge on any atom is -0.468 e. The highest BCUT2D eigenvalue weighted by atomic mass is 16.6. The number of ketones is 1. The van der Waals surface area contributed by atoms with Gasteiger partial charge in [-0.05, 0) is 75.4 Å². The third-order valence-electron chi connectivity index (χ3n) is 6.02. The van der Waals surface area contributed by atoms with Crippen molar-refractivity contribution in [1.82, 2.24) is 14.8 Å². The molecule has 2 heterocycles. The van der Waals surface area contributed by atoms with Crippen molar-refractivity contribution in [3.8, 4) is 11.1 Å². The van der Waals surface area contributed by atoms with Crippen LogP contribution >= 0.6 is 0 Å². The molecule has 1 fully saturated rings. The second kappa shape index (κ2) is 8.34. The third-order valence-corrected chi connectivity index (χ3v) is 6.02. The van der Waals surface area contributed by atoms with Crippen LogP contribution in [0.2, 0.25) is 0 Å². The number of hydrogen-bond acceptors (Lipinski definition) is 7. The van der Waals surface area contributed by atoms with Gasteiger partial charge in [-0.2, -0.15) is 5.10 Å². The molecule has 0 atom stereocenters. The summed E-state index contributed by atoms with van der Waals surface area (Å²) in [6, 6.07) is 5.81. The standard InChI is InChI=1S/C26H29N3O5/c1-15-9-17(18-10-19(13-27-12-18)26(7-8-26)24(32)33-6)11-20-22(16(2)30)28-29(23(15)20)14-21(31)34-25(3,4)5/h9-13H,7-8,14H2,1-6H3. The number of fused-ring (bicyclic) bond motifs is 1. The second-order valence-corrected chi connectivity index (χ2v) is 9.87. The molecule has 3 aromatic rings. The van der Waals surface area contributed by atoms with Gasteiger partial charge < -0.3 is 9.47 Å². The van der Waals surface area contributed by atoms with Gasteiger partial charge in [-0.3, -0.25) is 24.0 Å². The van der Waals surface area contributed by atoms with Gasteiger partial charge in [0.25, 0.3) is 0 Å². The van der Waals surface area contributed by atoms with E-state index in [-0.39, 0.29) is 18.3 Å². The fraction of sp³-hybridized carbons (Fsp3) is 0.423. The minimum atomic E-state index is -0.625. The van der Waals surface area contributed by atoms with E-state index in [4.69, 9.17) is 9.47 Å². The molecule has 0 N–H and O–H groups in total. The first kappa shape index (κ1) is 23.6. The summed E-state index contributed by atoms with van der Waals surface area (Å²) in [6.07, 6.45) is 4.90. The molecule has 8 nitrogen and oxygen atoms in total. The highest BCUT2D eigenvalue weighted by Gasteiger charge is 2.52. The fourth-order valence-corrected chi connectivity index (χ4v) is 4.35. The van der Waals surface area contributed by atoms with Gasteiger partial charge in [-0.25, -0.2) is 0 Å². The van der Waals surface area contributed by atoms with Gasteiger partial charge in [-0.15, -0.1) is 0 Å². The molecule has 0 aliphatic heterocycles. The van der Waals surface area contributed by atoms with Crippen molar-refractivity contribution in [2.24, 2.45) is 0 Å². The van der Waals surface area contributed by atoms with Gasteiger partial charge in [0.05, 0.1) is 18.0 Å². The predicted molar refractivity (Wildman–Crippen MR) is 126 cm³/mol. The zero-order valence-electron chi connectivity index (χ0n) is 20.4. The summed E-state index contributed by atoms with van der Waals surface area (Å²) in [5.74, 6) is -0.871. The molecule has 1 saturated carbocycles. The van der Waals surface area contributed by atoms with Crippen LogP contribution in [-0.4, -0.2) is 45.2 Å². The molecule has 1 aliphatic carbocycles. The Kier molecular flexibility index (Phi) is 5.79. The van der Waals surface area contributed by atoms with Crippen molar-refractivity contribution in [1.29, 1.82) is 0 Å². The minimum absolute atomic E-state index is 0.0973. The highest BCUT2D eigenvalue weighted by Crippen LogP contribution is 2.49. The molecule has 34 heavy (non-hydrogen) atoms. The lowest BCUT2D eigenvalue weighted by Crippen LogP contribution is -2.27. The number of carbonyl (C=O) groups is 3. The molecule has 1 aromatic carbocycles. The number of benzene rings is 1. The first-order valence-corrected chi connectivity index (χ1v) is 11.2. The van der Waals surface area contributed by atoms with E-state index in [0.717, 1.165) is 35.1 Å². The summed E-state index contributed by atoms with van der Waals surface area (Å²) >= 11 is 0. The molecule has 0 unspecified atom stereocenters. The monoisotopic (exact) mass is 463 g/mol. The Morgan fingerprint density at radius 1 is 1.09 bits per heavy atom. The maximum atomic E-state index is 12.5. The van der Waals surface area contributed by atoms with Crippen molar-refractivity contribution in [2.45, 2.75) is 65.0 Å². The number of Topliss-reactive ketones (excluding diaryl/α,β-unsaturated/α-hetero) is 1. The smallest absolute Gasteiger partial charge is 0.328 e. The van der Waals surface area contributed by atoms with Gasteiger partial charge in [0.2, 0.25) is 0 Å². The third kappa shape index (κ3) is 4.32. The van der Waals surface area contributed by atoms with Gasteiger partial charge in [-0.1, -0.05) is 0 Å². The van der Waals surface area contributed by atoms with Gasteiger partial charge >= 0.3 is 11.9 Å². The van der Waals surface area contributed by atoms with Crippen molar-refractivity contribution < 1.29 is 23.9 Å². The summed E-state index contributed by atoms with van der Waals surface area (Å²) < 4.78 is 12.0. The molecule has 8 heteroatoms. The number of ether oxygens (including phenoxy) is 2. The van der Waals surface area contributed by atoms with E-state index in [9.17, 15) is 14.4 Å². The summed E-state index contributed by atoms with van der Waals surface area (Å²) in [5.41, 5.74) is 3.11. The Morgan fingerprint density at radius 3 is 2.38 bits per heavy atom. The van der Waals surface area contributed by atoms with Crippen LogP contribution in [0.1, 0.15) is 62.2 Å². The van der Waals surface area contributed by atoms with Crippen LogP contribution < -0.4 is 0 Å². The number of aromatic nitrogens is 3. The zero-order chi connectivity index (χ0) is 24.8. The quantitative estimate of drug-likeness (QED) is 0.400. The lowest BCUT2D eigenvalue weighted by atomic mass is 9.94. The van der Waals surface area contributed by atoms with Crippen LogP contribution in [0.3, 0.4) is 0 Å². The second-order valence-electron chi connectivity index (χ2n) is 9.87. The summed E-state index contributed by atoms with van der Waals surface area (Å²) in [6.45, 7) is 8.68. The van der Waals surface area contributed by atoms with Crippen molar-refractivity contribution in [3.05, 3.63) is 47.4 Å². The van der Waals surface area contributed by atoms with E-state index in [1.54, 1.807) is 33.2 Å². The van der Waals surface area contributed by atoms with E-state index >= 15 is 0 Å². The van der Waals surface area contributed by atoms with Crippen LogP contribution in [0.4, 0.5) is 0 Å². The first-order chi connectivity index (χ1) is 15.9. The van der Waals surface area contributed by atoms with Gasteiger partial charge in [0, 0.05) is 30.3 Å². The Morgan fingerprint density at radius 2 is 1.79 bits per heavy atom. The van der Waals surface area contributed by atoms with Crippen molar-refractivity contribution in [3.63, 3.8) is 0 Å². The topological polar surface area (TPSA) is 100 Å². The molecule has 4 rings (SSSR count). The number of esters is 2. The largest absolute Gasteiger partial charge is 0.468 e. The van der Waals surface area contributed by atoms with Crippen LogP contribution in [-0.2, 0) is 31.0 Å². The Labute approximate surface area is 198 Å². The van der Waals surface area contributed by atoms with Crippen molar-refractivity contribution in [2.75, 3.05) is 7.11 Å². The molecule has 0 spiro atoms. The Bertz CT molecular complexity index is 1310. The SMILES string of the molecule is COC(=O)C1(c2cncc(-c3cc(C)c4c(c3)c(C(C)=O)nn4CC(=O)OC(C)(C)C)c2)CC1. The maximum absolute atomic E-state index is 12.5. The zero-order valence-corrected chi connectivity index (χ0v) is 20.4. The van der Waals surface area contributed by atoms with Crippen LogP contribution in [0.5, 0.6) is 0 Å². The molecule has 2 aromatic heterocycles. The molecule has 1 aliphatic rings. The summed E-state index contributed by atoms with van der Waals surface area (Å²) in [4.78, 5) is 41.6. The van der Waals surface area contributed by atoms with Crippen LogP contribution in [0.25, 0.3) is 22.0 Å². The highest BCUT2D eigenvalue weighted by molar-refractivity contribution is 6.07. The average Bonchev–Trinajstić information content (AvgIpc) is 3.49. The molecule has 178 valence electrons. The lowest BCUT2D eigenvalue weighted by molar-refractivity contribution is -0.155. The Hall–Kier alpha value is -3.55. The number of methoxy groups -OCH3 is 1. The molecule has 0 radical (unpaired) electrons. The summed E-state index contributed by atoms with van der Waals surface area (Å²) in [7, 11) is 1.40. The number of hydrogen-bond donors (Lipinski definition) is 0. The number of carbonyl (C=O) groups excluding carboxylic acids is 3. The van der Waals surface area contributed by atoms with Crippen LogP contribution in [0, 0.1) is 6.92 Å². The van der Waals surface area contributed by atoms with E-state index in [1.807, 2.05) is 25.1 Å². The van der Waals surface area contributed by atoms with E-state index in [1.165, 1.54) is 18.7 Å². The molecule has 0 saturated heterocycles. The molecular formula is C26H29N3O5. The number of rotatable bonds is 6. The van der Waals surface area contributed by atoms with Gasteiger partial charge in [0.1, 0.15) is 17.8 Å². The van der Waals surface area contributed by atoms with E-state index in [0.29, 0.717) is 16.6 Å². The number of pyridine rings is 1. The molecular weight excluding hydrogens is 434 g/mol. The normalized spacial score (nSPS) is 14.6. The summed E-state index contributed by atoms with van der Waals surface area (Å²) in [5, 5.41) is 5.10. The lowest BCUT2D eigenvalue weighted by Gasteiger charge is -2.19.